The lowest BCUT2D eigenvalue weighted by Gasteiger charge is -2.30. The number of hydrogen-bond acceptors (Lipinski definition) is 8. The Morgan fingerprint density at radius 2 is 1.77 bits per heavy atom. The third kappa shape index (κ3) is 6.84. The van der Waals surface area contributed by atoms with E-state index in [1.807, 2.05) is 0 Å². The number of ether oxygens (including phenoxy) is 4. The van der Waals surface area contributed by atoms with Gasteiger partial charge in [-0.1, -0.05) is 0 Å². The molecule has 2 fully saturated rings. The van der Waals surface area contributed by atoms with Gasteiger partial charge in [-0.05, 0) is 68.3 Å². The zero-order chi connectivity index (χ0) is 33.0. The molecule has 4 aromatic rings. The van der Waals surface area contributed by atoms with Crippen LogP contribution >= 0.6 is 0 Å². The Bertz CT molecular complexity index is 1770. The van der Waals surface area contributed by atoms with Crippen molar-refractivity contribution in [1.82, 2.24) is 15.2 Å². The molecule has 12 heteroatoms. The van der Waals surface area contributed by atoms with Crippen LogP contribution in [0.3, 0.4) is 0 Å². The van der Waals surface area contributed by atoms with Gasteiger partial charge in [0.05, 0.1) is 38.1 Å². The van der Waals surface area contributed by atoms with Crippen molar-refractivity contribution in [2.24, 2.45) is 5.41 Å². The number of rotatable bonds is 11. The second-order valence-electron chi connectivity index (χ2n) is 11.7. The van der Waals surface area contributed by atoms with Crippen LogP contribution in [0.5, 0.6) is 23.0 Å². The Kier molecular flexibility index (Phi) is 9.50. The third-order valence-electron chi connectivity index (χ3n) is 8.53. The van der Waals surface area contributed by atoms with Gasteiger partial charge in [-0.2, -0.15) is 0 Å². The number of benzene rings is 3. The molecule has 47 heavy (non-hydrogen) atoms. The van der Waals surface area contributed by atoms with Crippen molar-refractivity contribution in [2.45, 2.75) is 19.8 Å². The first kappa shape index (κ1) is 32.1. The van der Waals surface area contributed by atoms with Gasteiger partial charge in [0.1, 0.15) is 17.0 Å². The van der Waals surface area contributed by atoms with Gasteiger partial charge in [-0.15, -0.1) is 0 Å². The maximum atomic E-state index is 15.7. The molecule has 0 spiro atoms. The molecule has 0 bridgehead atoms. The zero-order valence-electron chi connectivity index (χ0n) is 26.3. The van der Waals surface area contributed by atoms with Crippen molar-refractivity contribution >= 4 is 34.1 Å². The molecule has 1 atom stereocenters. The minimum Gasteiger partial charge on any atom is -0.493 e. The number of methoxy groups -OCH3 is 1. The Labute approximate surface area is 271 Å². The zero-order valence-corrected chi connectivity index (χ0v) is 26.3. The number of morpholine rings is 1. The van der Waals surface area contributed by atoms with Crippen molar-refractivity contribution in [1.29, 1.82) is 0 Å². The molecule has 1 aromatic heterocycles. The largest absolute Gasteiger partial charge is 0.493 e. The van der Waals surface area contributed by atoms with Gasteiger partial charge in [0.2, 0.25) is 11.8 Å². The molecular weight excluding hydrogens is 610 g/mol. The maximum absolute atomic E-state index is 15.7. The monoisotopic (exact) mass is 646 g/mol. The van der Waals surface area contributed by atoms with E-state index in [-0.39, 0.29) is 23.5 Å². The van der Waals surface area contributed by atoms with Crippen molar-refractivity contribution in [3.05, 3.63) is 78.5 Å². The Morgan fingerprint density at radius 3 is 2.47 bits per heavy atom. The molecule has 0 saturated carbocycles. The van der Waals surface area contributed by atoms with Gasteiger partial charge in [0.15, 0.2) is 23.1 Å². The number of carbonyl (C=O) groups excluding carboxylic acids is 2. The minimum atomic E-state index is -1.37. The van der Waals surface area contributed by atoms with Crippen LogP contribution < -0.4 is 24.4 Å². The summed E-state index contributed by atoms with van der Waals surface area (Å²) in [7, 11) is 1.54. The predicted molar refractivity (Wildman–Crippen MR) is 171 cm³/mol. The molecule has 2 amide bonds. The molecule has 2 aliphatic rings. The summed E-state index contributed by atoms with van der Waals surface area (Å²) in [5.74, 6) is -0.964. The summed E-state index contributed by atoms with van der Waals surface area (Å²) in [6.07, 6.45) is 2.66. The van der Waals surface area contributed by atoms with Crippen molar-refractivity contribution in [3.8, 4) is 23.0 Å². The van der Waals surface area contributed by atoms with E-state index in [1.54, 1.807) is 38.4 Å². The summed E-state index contributed by atoms with van der Waals surface area (Å²) >= 11 is 0. The normalized spacial score (nSPS) is 18.2. The number of hydrogen-bond donors (Lipinski definition) is 1. The number of nitrogens with one attached hydrogen (secondary N) is 1. The van der Waals surface area contributed by atoms with E-state index >= 15 is 4.39 Å². The highest BCUT2D eigenvalue weighted by molar-refractivity contribution is 6.15. The maximum Gasteiger partial charge on any atom is 0.247 e. The lowest BCUT2D eigenvalue weighted by molar-refractivity contribution is -0.137. The molecule has 1 N–H and O–H groups in total. The first-order valence-corrected chi connectivity index (χ1v) is 15.5. The van der Waals surface area contributed by atoms with Gasteiger partial charge in [-0.25, -0.2) is 8.78 Å². The van der Waals surface area contributed by atoms with Gasteiger partial charge >= 0.3 is 0 Å². The Balaban J connectivity index is 1.23. The summed E-state index contributed by atoms with van der Waals surface area (Å²) < 4.78 is 52.6. The molecule has 2 saturated heterocycles. The van der Waals surface area contributed by atoms with Crippen LogP contribution in [0, 0.1) is 17.0 Å². The number of nitrogens with zero attached hydrogens (tertiary/aromatic N) is 3. The second kappa shape index (κ2) is 13.9. The number of carbonyl (C=O) groups is 2. The summed E-state index contributed by atoms with van der Waals surface area (Å²) in [4.78, 5) is 34.5. The lowest BCUT2D eigenvalue weighted by Crippen LogP contribution is -2.44. The highest BCUT2D eigenvalue weighted by Crippen LogP contribution is 2.40. The highest BCUT2D eigenvalue weighted by atomic mass is 19.1. The summed E-state index contributed by atoms with van der Waals surface area (Å²) in [5, 5.41) is 3.27. The molecular formula is C35H36F2N4O6. The molecule has 10 nitrogen and oxygen atoms in total. The highest BCUT2D eigenvalue weighted by Gasteiger charge is 2.47. The fourth-order valence-corrected chi connectivity index (χ4v) is 5.77. The van der Waals surface area contributed by atoms with E-state index in [0.29, 0.717) is 41.3 Å². The van der Waals surface area contributed by atoms with Gasteiger partial charge < -0.3 is 24.3 Å². The smallest absolute Gasteiger partial charge is 0.247 e. The van der Waals surface area contributed by atoms with E-state index < -0.39 is 28.9 Å². The molecule has 246 valence electrons. The van der Waals surface area contributed by atoms with Crippen LogP contribution in [-0.2, 0) is 14.3 Å². The Hall–Kier alpha value is -4.81. The fourth-order valence-electron chi connectivity index (χ4n) is 5.77. The van der Waals surface area contributed by atoms with E-state index in [4.69, 9.17) is 18.9 Å². The molecule has 2 aliphatic heterocycles. The number of amides is 2. The van der Waals surface area contributed by atoms with Crippen LogP contribution in [0.4, 0.5) is 20.2 Å². The number of fused-ring (bicyclic) bond motifs is 1. The molecule has 6 rings (SSSR count). The quantitative estimate of drug-likeness (QED) is 0.166. The van der Waals surface area contributed by atoms with E-state index in [9.17, 15) is 14.0 Å². The molecule has 3 heterocycles. The minimum absolute atomic E-state index is 0.0972. The van der Waals surface area contributed by atoms with Crippen LogP contribution in [0.15, 0.2) is 66.9 Å². The van der Waals surface area contributed by atoms with E-state index in [2.05, 4.69) is 15.2 Å². The van der Waals surface area contributed by atoms with E-state index in [1.165, 1.54) is 41.3 Å². The Morgan fingerprint density at radius 1 is 1.00 bits per heavy atom. The number of aromatic nitrogens is 1. The van der Waals surface area contributed by atoms with Crippen LogP contribution in [0.1, 0.15) is 19.8 Å². The van der Waals surface area contributed by atoms with Gasteiger partial charge in [0, 0.05) is 55.6 Å². The lowest BCUT2D eigenvalue weighted by atomic mass is 9.86. The summed E-state index contributed by atoms with van der Waals surface area (Å²) in [5.41, 5.74) is -0.360. The fraction of sp³-hybridized carbons (Fsp3) is 0.343. The number of halogens is 2. The number of pyridine rings is 1. The third-order valence-corrected chi connectivity index (χ3v) is 8.53. The average molecular weight is 647 g/mol. The standard InChI is InChI=1S/C35H36F2N4O6/c1-35(11-13-39-33(35)42)34(43)41(24-6-4-23(36)5-7-24)25-8-9-30(27(37)20-25)47-29-10-12-38-28-22-32(31(44-2)21-26(28)29)46-17-3-14-40-15-18-45-19-16-40/h4-10,12,20-22H,3,11,13-19H2,1-2H3,(H,39,42). The van der Waals surface area contributed by atoms with Gasteiger partial charge in [-0.3, -0.25) is 24.4 Å². The SMILES string of the molecule is COc1cc2c(Oc3ccc(N(C(=O)C4(C)CCNC4=O)c4ccc(F)cc4)cc3F)ccnc2cc1OCCCN1CCOCC1. The summed E-state index contributed by atoms with van der Waals surface area (Å²) in [6.45, 7) is 6.61. The van der Waals surface area contributed by atoms with Crippen molar-refractivity contribution in [2.75, 3.05) is 58.0 Å². The first-order valence-electron chi connectivity index (χ1n) is 15.5. The van der Waals surface area contributed by atoms with Gasteiger partial charge in [0.25, 0.3) is 0 Å². The molecule has 1 unspecified atom stereocenters. The van der Waals surface area contributed by atoms with Crippen LogP contribution in [0.25, 0.3) is 10.9 Å². The van der Waals surface area contributed by atoms with Crippen LogP contribution in [-0.4, -0.2) is 74.8 Å². The molecule has 0 radical (unpaired) electrons. The second-order valence-corrected chi connectivity index (χ2v) is 11.7. The number of anilines is 2. The van der Waals surface area contributed by atoms with Crippen molar-refractivity contribution in [3.63, 3.8) is 0 Å². The average Bonchev–Trinajstić information content (AvgIpc) is 3.43. The first-order chi connectivity index (χ1) is 22.8. The summed E-state index contributed by atoms with van der Waals surface area (Å²) in [6, 6.07) is 14.4. The van der Waals surface area contributed by atoms with E-state index in [0.717, 1.165) is 45.3 Å². The topological polar surface area (TPSA) is 102 Å². The molecule has 3 aromatic carbocycles. The molecule has 0 aliphatic carbocycles. The van der Waals surface area contributed by atoms with Crippen molar-refractivity contribution < 1.29 is 37.3 Å². The van der Waals surface area contributed by atoms with Crippen LogP contribution in [0.2, 0.25) is 0 Å². The predicted octanol–water partition coefficient (Wildman–Crippen LogP) is 5.61.